The van der Waals surface area contributed by atoms with E-state index < -0.39 is 23.8 Å². The summed E-state index contributed by atoms with van der Waals surface area (Å²) in [6.07, 6.45) is 10.9. The maximum Gasteiger partial charge on any atom is 0.336 e. The van der Waals surface area contributed by atoms with Crippen molar-refractivity contribution in [1.82, 2.24) is 0 Å². The lowest BCUT2D eigenvalue weighted by atomic mass is 9.78. The number of amides is 2. The van der Waals surface area contributed by atoms with E-state index in [1.807, 2.05) is 48.5 Å². The Morgan fingerprint density at radius 2 is 0.807 bits per heavy atom. The molecule has 10 heteroatoms. The lowest BCUT2D eigenvalue weighted by Gasteiger charge is -2.26. The van der Waals surface area contributed by atoms with Gasteiger partial charge in [0.05, 0.1) is 22.3 Å². The molecular formula is C47H34N2O8. The molecule has 0 spiro atoms. The van der Waals surface area contributed by atoms with Gasteiger partial charge in [-0.25, -0.2) is 9.59 Å². The number of ether oxygens (including phenoxy) is 2. The zero-order valence-electron chi connectivity index (χ0n) is 30.7. The molecule has 0 unspecified atom stereocenters. The van der Waals surface area contributed by atoms with Crippen molar-refractivity contribution < 1.29 is 38.9 Å². The second-order valence-corrected chi connectivity index (χ2v) is 13.3. The van der Waals surface area contributed by atoms with Gasteiger partial charge in [0.1, 0.15) is 23.0 Å². The van der Waals surface area contributed by atoms with Crippen LogP contribution in [0.1, 0.15) is 77.5 Å². The third kappa shape index (κ3) is 9.01. The molecule has 0 atom stereocenters. The molecule has 6 rings (SSSR count). The van der Waals surface area contributed by atoms with Gasteiger partial charge >= 0.3 is 11.9 Å². The van der Waals surface area contributed by atoms with Gasteiger partial charge < -0.3 is 30.3 Å². The van der Waals surface area contributed by atoms with Crippen LogP contribution in [0.3, 0.4) is 0 Å². The molecule has 10 nitrogen and oxygen atoms in total. The Bertz CT molecular complexity index is 2400. The normalized spacial score (nSPS) is 10.7. The number of carboxylic acids is 2. The summed E-state index contributed by atoms with van der Waals surface area (Å²) in [5.74, 6) is 3.46. The number of aromatic carboxylic acids is 2. The number of hydrogen-bond acceptors (Lipinski definition) is 6. The minimum absolute atomic E-state index is 0.0383. The molecule has 0 aromatic heterocycles. The number of carboxylic acid groups (broad SMARTS) is 2. The number of terminal acetylenes is 2. The molecule has 57 heavy (non-hydrogen) atoms. The molecule has 0 aliphatic rings. The number of hydrogen-bond donors (Lipinski definition) is 4. The Morgan fingerprint density at radius 3 is 1.11 bits per heavy atom. The summed E-state index contributed by atoms with van der Waals surface area (Å²) < 4.78 is 12.1. The first-order chi connectivity index (χ1) is 27.3. The topological polar surface area (TPSA) is 151 Å². The molecule has 280 valence electrons. The SMILES string of the molecule is C#Cc1ccc(C(=O)O)c(C(=O)Nc2ccc(Oc3ccc(C(C)(C)c4ccc(Oc5ccc(NC(=O)c6cc(C#C)ccc6C(=O)O)cc5)cc4)cc3)cc2)c1. The Hall–Kier alpha value is -8.08. The van der Waals surface area contributed by atoms with Crippen molar-refractivity contribution in [3.8, 4) is 47.7 Å². The second-order valence-electron chi connectivity index (χ2n) is 13.3. The molecule has 0 fully saturated rings. The Balaban J connectivity index is 1.04. The highest BCUT2D eigenvalue weighted by molar-refractivity contribution is 6.11. The van der Waals surface area contributed by atoms with E-state index in [2.05, 4.69) is 36.3 Å². The minimum Gasteiger partial charge on any atom is -0.478 e. The third-order valence-electron chi connectivity index (χ3n) is 9.17. The molecule has 6 aromatic rings. The van der Waals surface area contributed by atoms with Gasteiger partial charge in [0.2, 0.25) is 0 Å². The first-order valence-electron chi connectivity index (χ1n) is 17.4. The van der Waals surface area contributed by atoms with E-state index in [4.69, 9.17) is 22.3 Å². The summed E-state index contributed by atoms with van der Waals surface area (Å²) >= 11 is 0. The first-order valence-corrected chi connectivity index (χ1v) is 17.4. The third-order valence-corrected chi connectivity index (χ3v) is 9.17. The summed E-state index contributed by atoms with van der Waals surface area (Å²) in [6, 6.07) is 37.2. The molecular weight excluding hydrogens is 721 g/mol. The number of nitrogens with one attached hydrogen (secondary N) is 2. The summed E-state index contributed by atoms with van der Waals surface area (Å²) in [5.41, 5.74) is 3.04. The van der Waals surface area contributed by atoms with Crippen molar-refractivity contribution in [2.24, 2.45) is 0 Å². The Morgan fingerprint density at radius 1 is 0.491 bits per heavy atom. The van der Waals surface area contributed by atoms with Crippen molar-refractivity contribution in [3.05, 3.63) is 178 Å². The van der Waals surface area contributed by atoms with Crippen LogP contribution in [0.25, 0.3) is 0 Å². The fourth-order valence-corrected chi connectivity index (χ4v) is 5.94. The molecule has 0 radical (unpaired) electrons. The lowest BCUT2D eigenvalue weighted by molar-refractivity contribution is 0.0683. The van der Waals surface area contributed by atoms with E-state index in [1.165, 1.54) is 36.4 Å². The van der Waals surface area contributed by atoms with Crippen LogP contribution in [0.2, 0.25) is 0 Å². The van der Waals surface area contributed by atoms with Crippen LogP contribution in [0, 0.1) is 24.7 Å². The van der Waals surface area contributed by atoms with Crippen LogP contribution in [0.15, 0.2) is 133 Å². The van der Waals surface area contributed by atoms with Crippen molar-refractivity contribution >= 4 is 35.1 Å². The van der Waals surface area contributed by atoms with Crippen LogP contribution in [-0.2, 0) is 5.41 Å². The second kappa shape index (κ2) is 16.5. The van der Waals surface area contributed by atoms with Crippen LogP contribution in [0.4, 0.5) is 11.4 Å². The molecule has 2 amide bonds. The first kappa shape index (κ1) is 38.6. The number of carbonyl (C=O) groups excluding carboxylic acids is 2. The van der Waals surface area contributed by atoms with E-state index >= 15 is 0 Å². The van der Waals surface area contributed by atoms with Crippen LogP contribution in [0.5, 0.6) is 23.0 Å². The largest absolute Gasteiger partial charge is 0.478 e. The highest BCUT2D eigenvalue weighted by Gasteiger charge is 2.24. The number of anilines is 2. The highest BCUT2D eigenvalue weighted by atomic mass is 16.5. The quantitative estimate of drug-likeness (QED) is 0.0903. The fourth-order valence-electron chi connectivity index (χ4n) is 5.94. The van der Waals surface area contributed by atoms with Crippen molar-refractivity contribution in [3.63, 3.8) is 0 Å². The van der Waals surface area contributed by atoms with Gasteiger partial charge in [-0.2, -0.15) is 0 Å². The standard InChI is InChI=1S/C47H34N2O8/c1-5-29-7-25-39(45(52)53)41(27-29)43(50)48-33-13-21-37(22-14-33)56-35-17-9-31(10-18-35)47(3,4)32-11-19-36(20-12-32)57-38-23-15-34(16-24-38)49-44(51)42-28-30(6-2)8-26-40(42)46(54)55/h1-2,7-28H,3-4H3,(H,48,50)(H,49,51)(H,52,53)(H,54,55). The average Bonchev–Trinajstić information content (AvgIpc) is 3.22. The van der Waals surface area contributed by atoms with Crippen molar-refractivity contribution in [1.29, 1.82) is 0 Å². The molecule has 0 bridgehead atoms. The maximum absolute atomic E-state index is 12.9. The van der Waals surface area contributed by atoms with Gasteiger partial charge in [-0.15, -0.1) is 12.8 Å². The van der Waals surface area contributed by atoms with Gasteiger partial charge in [-0.3, -0.25) is 9.59 Å². The van der Waals surface area contributed by atoms with E-state index in [-0.39, 0.29) is 27.7 Å². The molecule has 4 N–H and O–H groups in total. The van der Waals surface area contributed by atoms with Gasteiger partial charge in [-0.05, 0) is 120 Å². The predicted molar refractivity (Wildman–Crippen MR) is 217 cm³/mol. The Kier molecular flexibility index (Phi) is 11.2. The zero-order chi connectivity index (χ0) is 40.7. The molecule has 0 aliphatic heterocycles. The van der Waals surface area contributed by atoms with Crippen molar-refractivity contribution in [2.75, 3.05) is 10.6 Å². The number of carbonyl (C=O) groups is 4. The minimum atomic E-state index is -1.23. The van der Waals surface area contributed by atoms with Crippen LogP contribution >= 0.6 is 0 Å². The van der Waals surface area contributed by atoms with Gasteiger partial charge in [0.25, 0.3) is 11.8 Å². The predicted octanol–water partition coefficient (Wildman–Crippen LogP) is 9.46. The molecule has 0 saturated heterocycles. The zero-order valence-corrected chi connectivity index (χ0v) is 30.7. The fraction of sp³-hybridized carbons (Fsp3) is 0.0638. The summed E-state index contributed by atoms with van der Waals surface area (Å²) in [5, 5.41) is 24.4. The van der Waals surface area contributed by atoms with Crippen molar-refractivity contribution in [2.45, 2.75) is 19.3 Å². The Labute approximate surface area is 328 Å². The summed E-state index contributed by atoms with van der Waals surface area (Å²) in [4.78, 5) is 49.0. The van der Waals surface area contributed by atoms with Gasteiger partial charge in [0.15, 0.2) is 0 Å². The van der Waals surface area contributed by atoms with Gasteiger partial charge in [-0.1, -0.05) is 50.0 Å². The van der Waals surface area contributed by atoms with Gasteiger partial charge in [0, 0.05) is 27.9 Å². The molecule has 0 saturated carbocycles. The van der Waals surface area contributed by atoms with E-state index in [0.29, 0.717) is 45.5 Å². The molecule has 0 aliphatic carbocycles. The maximum atomic E-state index is 12.9. The highest BCUT2D eigenvalue weighted by Crippen LogP contribution is 2.35. The lowest BCUT2D eigenvalue weighted by Crippen LogP contribution is -2.18. The van der Waals surface area contributed by atoms with E-state index in [1.54, 1.807) is 48.5 Å². The molecule has 0 heterocycles. The monoisotopic (exact) mass is 754 g/mol. The summed E-state index contributed by atoms with van der Waals surface area (Å²) in [7, 11) is 0. The molecule has 6 aromatic carbocycles. The van der Waals surface area contributed by atoms with E-state index in [0.717, 1.165) is 11.1 Å². The number of benzene rings is 6. The van der Waals surface area contributed by atoms with Crippen LogP contribution in [-0.4, -0.2) is 34.0 Å². The van der Waals surface area contributed by atoms with E-state index in [9.17, 15) is 29.4 Å². The average molecular weight is 755 g/mol. The number of rotatable bonds is 12. The van der Waals surface area contributed by atoms with Crippen LogP contribution < -0.4 is 20.1 Å². The summed E-state index contributed by atoms with van der Waals surface area (Å²) in [6.45, 7) is 4.23. The smallest absolute Gasteiger partial charge is 0.336 e.